The van der Waals surface area contributed by atoms with Crippen LogP contribution in [0.2, 0.25) is 0 Å². The van der Waals surface area contributed by atoms with Gasteiger partial charge in [-0.25, -0.2) is 19.9 Å². The lowest BCUT2D eigenvalue weighted by Crippen LogP contribution is -2.63. The van der Waals surface area contributed by atoms with E-state index in [2.05, 4.69) is 116 Å². The number of aliphatic imine (C=N–C) groups is 1. The minimum atomic E-state index is -1.94. The van der Waals surface area contributed by atoms with Crippen LogP contribution in [-0.4, -0.2) is 267 Å². The molecule has 0 spiro atoms. The first-order valence-electron chi connectivity index (χ1n) is 39.4. The van der Waals surface area contributed by atoms with Crippen molar-refractivity contribution in [3.05, 3.63) is 72.9 Å². The number of H-pyrrole nitrogens is 4. The SMILES string of the molecule is CCCCCCCCCCCC(=O)N[C@@H](Cc1cnc[nH]1)C(=O)N[C@@H](CCSC)C(=O)N[C@@H](CCC(N)=O)C(=O)N[C@@H](CO)C(=O)N[C@@H](Cc1cnc[nH]1)C(=O)N[C@@H](CCCCN)C(=O)NC(C(=O)N[C@@H](Cc1cnc[nH]1)C(=O)N[C@@H](Cc1cnc[nH]1)C(=O)N[C@@H](CO)C(=O)N[C@@H](CCC(N)=O)C(=O)N[C@@H](CCCN=C(N)N)C(N)=O)[C@@H](C)O. The quantitative estimate of drug-likeness (QED) is 0.0111. The van der Waals surface area contributed by atoms with E-state index in [4.69, 9.17) is 34.4 Å². The van der Waals surface area contributed by atoms with E-state index in [-0.39, 0.29) is 99.8 Å². The lowest BCUT2D eigenvalue weighted by atomic mass is 10.0. The van der Waals surface area contributed by atoms with Gasteiger partial charge in [0.25, 0.3) is 0 Å². The molecule has 4 rings (SSSR count). The molecule has 0 saturated carbocycles. The summed E-state index contributed by atoms with van der Waals surface area (Å²) < 4.78 is 0. The van der Waals surface area contributed by atoms with Gasteiger partial charge in [-0.2, -0.15) is 11.8 Å². The number of aromatic amines is 4. The van der Waals surface area contributed by atoms with Crippen molar-refractivity contribution in [2.45, 2.75) is 247 Å². The average molecular weight is 1690 g/mol. The molecule has 13 atom stereocenters. The molecule has 0 radical (unpaired) electrons. The topological polar surface area (TPSA) is 744 Å². The number of nitrogens with one attached hydrogen (secondary N) is 16. The van der Waals surface area contributed by atoms with Crippen molar-refractivity contribution < 1.29 is 87.2 Å². The molecule has 15 amide bonds. The number of carbonyl (C=O) groups is 15. The van der Waals surface area contributed by atoms with E-state index in [0.29, 0.717) is 17.9 Å². The number of amides is 15. The monoisotopic (exact) mass is 1690 g/mol. The zero-order chi connectivity index (χ0) is 87.8. The number of aliphatic hydroxyl groups is 3. The molecular weight excluding hydrogens is 1580 g/mol. The van der Waals surface area contributed by atoms with Crippen LogP contribution >= 0.6 is 11.8 Å². The summed E-state index contributed by atoms with van der Waals surface area (Å²) in [6, 6.07) is -19.5. The van der Waals surface area contributed by atoms with E-state index in [0.717, 1.165) is 45.4 Å². The maximum absolute atomic E-state index is 14.7. The molecule has 4 aromatic rings. The number of hydrogen-bond acceptors (Lipinski definition) is 25. The Morgan fingerprint density at radius 3 is 1.08 bits per heavy atom. The van der Waals surface area contributed by atoms with Gasteiger partial charge in [0.2, 0.25) is 88.6 Å². The normalized spacial score (nSPS) is 14.4. The summed E-state index contributed by atoms with van der Waals surface area (Å²) in [4.78, 5) is 238. The summed E-state index contributed by atoms with van der Waals surface area (Å²) in [6.45, 7) is 1.18. The molecule has 0 bridgehead atoms. The van der Waals surface area contributed by atoms with E-state index in [1.54, 1.807) is 6.26 Å². The molecule has 119 heavy (non-hydrogen) atoms. The summed E-state index contributed by atoms with van der Waals surface area (Å²) in [5.74, 6) is -14.8. The Hall–Kier alpha value is -11.6. The fourth-order valence-electron chi connectivity index (χ4n) is 12.1. The van der Waals surface area contributed by atoms with E-state index in [9.17, 15) is 87.2 Å². The minimum absolute atomic E-state index is 0.00729. The van der Waals surface area contributed by atoms with E-state index in [1.165, 1.54) is 74.7 Å². The van der Waals surface area contributed by atoms with Crippen molar-refractivity contribution in [3.8, 4) is 0 Å². The molecule has 4 aromatic heterocycles. The van der Waals surface area contributed by atoms with Crippen LogP contribution in [0, 0.1) is 0 Å². The number of nitrogens with two attached hydrogens (primary N) is 6. The number of aromatic nitrogens is 8. The van der Waals surface area contributed by atoms with Gasteiger partial charge in [-0.3, -0.25) is 76.9 Å². The van der Waals surface area contributed by atoms with Gasteiger partial charge in [0.1, 0.15) is 72.5 Å². The Morgan fingerprint density at radius 2 is 0.723 bits per heavy atom. The van der Waals surface area contributed by atoms with Crippen LogP contribution in [0.3, 0.4) is 0 Å². The minimum Gasteiger partial charge on any atom is -0.394 e. The number of thioether (sulfide) groups is 1. The summed E-state index contributed by atoms with van der Waals surface area (Å²) in [5, 5.41) is 62.3. The molecule has 1 unspecified atom stereocenters. The van der Waals surface area contributed by atoms with Crippen molar-refractivity contribution in [1.29, 1.82) is 0 Å². The molecule has 46 heteroatoms. The smallest absolute Gasteiger partial charge is 0.245 e. The van der Waals surface area contributed by atoms with Gasteiger partial charge >= 0.3 is 0 Å². The Bertz CT molecular complexity index is 3850. The molecular formula is C73H119N27O18S. The van der Waals surface area contributed by atoms with E-state index >= 15 is 0 Å². The van der Waals surface area contributed by atoms with Crippen LogP contribution in [0.1, 0.15) is 165 Å². The Morgan fingerprint density at radius 1 is 0.395 bits per heavy atom. The van der Waals surface area contributed by atoms with Crippen LogP contribution in [-0.2, 0) is 97.6 Å². The molecule has 0 aliphatic rings. The van der Waals surface area contributed by atoms with Crippen molar-refractivity contribution in [3.63, 3.8) is 0 Å². The number of rotatable bonds is 62. The Balaban J connectivity index is 1.56. The highest BCUT2D eigenvalue weighted by molar-refractivity contribution is 7.98. The van der Waals surface area contributed by atoms with Crippen molar-refractivity contribution in [1.82, 2.24) is 104 Å². The molecule has 0 aliphatic heterocycles. The Kier molecular flexibility index (Phi) is 46.2. The molecule has 31 N–H and O–H groups in total. The van der Waals surface area contributed by atoms with Gasteiger partial charge in [-0.05, 0) is 83.3 Å². The van der Waals surface area contributed by atoms with Gasteiger partial charge < -0.3 is 133 Å². The third kappa shape index (κ3) is 38.5. The van der Waals surface area contributed by atoms with Gasteiger partial charge in [-0.1, -0.05) is 58.3 Å². The standard InChI is InChI=1S/C73H119N27O18S/c1-4-5-6-7-8-9-10-11-12-18-59(106)89-51(27-42-31-80-37-85-42)66(112)94-50(23-26-119-3)64(110)92-49(20-22-58(76)105)63(109)98-56(36-102)71(117)96-52(28-43-32-81-38-86-43)67(113)91-47(16-13-14-24-74)65(111)100-60(41(2)103)72(118)97-54(30-45-34-83-40-88-45)68(114)95-53(29-44-33-82-39-87-44)69(115)99-55(35-101)70(116)93-48(19-21-57(75)104)62(108)90-46(61(77)107)17-15-25-84-73(78)79/h31-34,37-41,46-56,60,101-103H,4-30,35-36,74H2,1-3H3,(H2,75,104)(H2,76,105)(H2,77,107)(H,80,85)(H,81,86)(H,82,87)(H,83,88)(H,89,106)(H,90,108)(H,91,113)(H,92,110)(H,93,116)(H,94,112)(H,95,114)(H,96,117)(H,97,118)(H,98,109)(H,99,115)(H,100,111)(H4,78,79,84)/t41-,46+,47+,48+,49+,50+,51+,52+,53+,54+,55+,56+,60?/m1/s1. The zero-order valence-electron chi connectivity index (χ0n) is 67.2. The predicted molar refractivity (Wildman–Crippen MR) is 432 cm³/mol. The second-order valence-electron chi connectivity index (χ2n) is 28.5. The second kappa shape index (κ2) is 55.1. The van der Waals surface area contributed by atoms with Crippen molar-refractivity contribution in [2.24, 2.45) is 39.4 Å². The molecule has 0 fully saturated rings. The van der Waals surface area contributed by atoms with Crippen molar-refractivity contribution >= 4 is 106 Å². The fourth-order valence-corrected chi connectivity index (χ4v) is 12.6. The first-order chi connectivity index (χ1) is 56.9. The number of carbonyl (C=O) groups excluding carboxylic acids is 15. The highest BCUT2D eigenvalue weighted by atomic mass is 32.2. The molecule has 0 aliphatic carbocycles. The van der Waals surface area contributed by atoms with Crippen LogP contribution in [0.25, 0.3) is 0 Å². The molecule has 4 heterocycles. The number of hydrogen-bond donors (Lipinski definition) is 25. The lowest BCUT2D eigenvalue weighted by Gasteiger charge is -2.29. The van der Waals surface area contributed by atoms with E-state index < -0.39 is 213 Å². The summed E-state index contributed by atoms with van der Waals surface area (Å²) in [6.07, 6.45) is 17.1. The van der Waals surface area contributed by atoms with Gasteiger partial charge in [-0.15, -0.1) is 0 Å². The predicted octanol–water partition coefficient (Wildman–Crippen LogP) is -7.09. The number of unbranched alkanes of at least 4 members (excludes halogenated alkanes) is 9. The largest absolute Gasteiger partial charge is 0.394 e. The number of guanidine groups is 1. The van der Waals surface area contributed by atoms with Gasteiger partial charge in [0, 0.05) is 99.1 Å². The Labute approximate surface area is 691 Å². The summed E-state index contributed by atoms with van der Waals surface area (Å²) >= 11 is 1.34. The molecule has 0 aromatic carbocycles. The van der Waals surface area contributed by atoms with Gasteiger partial charge in [0.05, 0.1) is 44.6 Å². The highest BCUT2D eigenvalue weighted by Gasteiger charge is 2.39. The fraction of sp³-hybridized carbons (Fsp3) is 0.616. The molecule has 0 saturated heterocycles. The van der Waals surface area contributed by atoms with Crippen molar-refractivity contribution in [2.75, 3.05) is 38.3 Å². The number of primary amides is 3. The van der Waals surface area contributed by atoms with Crippen LogP contribution < -0.4 is 98.2 Å². The summed E-state index contributed by atoms with van der Waals surface area (Å²) in [7, 11) is 0. The lowest BCUT2D eigenvalue weighted by molar-refractivity contribution is -0.137. The number of nitrogens with zero attached hydrogens (tertiary/aromatic N) is 5. The maximum atomic E-state index is 14.7. The first-order valence-corrected chi connectivity index (χ1v) is 40.8. The zero-order valence-corrected chi connectivity index (χ0v) is 68.0. The van der Waals surface area contributed by atoms with Crippen LogP contribution in [0.4, 0.5) is 0 Å². The van der Waals surface area contributed by atoms with Crippen LogP contribution in [0.15, 0.2) is 55.1 Å². The molecule has 660 valence electrons. The third-order valence-electron chi connectivity index (χ3n) is 18.7. The highest BCUT2D eigenvalue weighted by Crippen LogP contribution is 2.15. The second-order valence-corrected chi connectivity index (χ2v) is 29.4. The van der Waals surface area contributed by atoms with Gasteiger partial charge in [0.15, 0.2) is 5.96 Å². The maximum Gasteiger partial charge on any atom is 0.245 e. The summed E-state index contributed by atoms with van der Waals surface area (Å²) in [5.41, 5.74) is 34.2. The first kappa shape index (κ1) is 99.7. The average Bonchev–Trinajstić information content (AvgIpc) is 1.49. The number of imidazole rings is 4. The third-order valence-corrected chi connectivity index (χ3v) is 19.4. The number of aliphatic hydroxyl groups excluding tert-OH is 3. The van der Waals surface area contributed by atoms with Crippen LogP contribution in [0.5, 0.6) is 0 Å². The molecule has 45 nitrogen and oxygen atoms in total. The van der Waals surface area contributed by atoms with E-state index in [1.807, 2.05) is 0 Å².